The maximum atomic E-state index is 13.0. The Kier molecular flexibility index (Phi) is 5.39. The van der Waals surface area contributed by atoms with Crippen molar-refractivity contribution in [3.8, 4) is 5.75 Å². The molecular formula is C16H17ClFNO. The maximum Gasteiger partial charge on any atom is 0.141 e. The second-order valence-electron chi connectivity index (χ2n) is 4.59. The van der Waals surface area contributed by atoms with E-state index in [2.05, 4.69) is 5.32 Å². The molecule has 4 heteroatoms. The molecule has 0 aliphatic carbocycles. The topological polar surface area (TPSA) is 21.3 Å². The van der Waals surface area contributed by atoms with Crippen molar-refractivity contribution in [1.29, 1.82) is 0 Å². The molecule has 106 valence electrons. The Balaban J connectivity index is 1.70. The minimum absolute atomic E-state index is 0.153. The lowest BCUT2D eigenvalue weighted by Crippen LogP contribution is -2.20. The van der Waals surface area contributed by atoms with Crippen molar-refractivity contribution in [2.75, 3.05) is 13.2 Å². The van der Waals surface area contributed by atoms with Gasteiger partial charge in [-0.2, -0.15) is 0 Å². The van der Waals surface area contributed by atoms with Crippen LogP contribution in [-0.2, 0) is 6.54 Å². The van der Waals surface area contributed by atoms with Crippen LogP contribution in [0, 0.1) is 12.7 Å². The molecule has 0 spiro atoms. The summed E-state index contributed by atoms with van der Waals surface area (Å²) in [4.78, 5) is 0. The van der Waals surface area contributed by atoms with Gasteiger partial charge in [-0.3, -0.25) is 0 Å². The van der Waals surface area contributed by atoms with Crippen LogP contribution >= 0.6 is 11.6 Å². The number of hydrogen-bond acceptors (Lipinski definition) is 2. The van der Waals surface area contributed by atoms with Crippen molar-refractivity contribution in [2.24, 2.45) is 0 Å². The van der Waals surface area contributed by atoms with Crippen molar-refractivity contribution in [2.45, 2.75) is 13.5 Å². The third-order valence-corrected chi connectivity index (χ3v) is 3.14. The van der Waals surface area contributed by atoms with Gasteiger partial charge < -0.3 is 10.1 Å². The molecule has 2 aromatic rings. The zero-order valence-electron chi connectivity index (χ0n) is 11.3. The third kappa shape index (κ3) is 4.51. The average Bonchev–Trinajstić information content (AvgIpc) is 2.42. The summed E-state index contributed by atoms with van der Waals surface area (Å²) in [6.45, 7) is 3.96. The van der Waals surface area contributed by atoms with E-state index in [9.17, 15) is 4.39 Å². The number of aryl methyl sites for hydroxylation is 1. The highest BCUT2D eigenvalue weighted by Gasteiger charge is 2.00. The Hall–Kier alpha value is -1.58. The molecule has 0 saturated heterocycles. The van der Waals surface area contributed by atoms with Gasteiger partial charge in [0, 0.05) is 13.1 Å². The summed E-state index contributed by atoms with van der Waals surface area (Å²) in [5.74, 6) is 0.481. The molecule has 0 radical (unpaired) electrons. The van der Waals surface area contributed by atoms with E-state index >= 15 is 0 Å². The molecule has 0 amide bonds. The zero-order chi connectivity index (χ0) is 14.4. The summed E-state index contributed by atoms with van der Waals surface area (Å²) < 4.78 is 18.6. The number of ether oxygens (including phenoxy) is 1. The van der Waals surface area contributed by atoms with Crippen molar-refractivity contribution < 1.29 is 9.13 Å². The second kappa shape index (κ2) is 7.27. The van der Waals surface area contributed by atoms with E-state index in [1.165, 1.54) is 11.6 Å². The van der Waals surface area contributed by atoms with E-state index < -0.39 is 5.82 Å². The van der Waals surface area contributed by atoms with Crippen molar-refractivity contribution in [3.05, 3.63) is 64.4 Å². The molecule has 1 N–H and O–H groups in total. The Morgan fingerprint density at radius 3 is 2.80 bits per heavy atom. The number of benzene rings is 2. The Morgan fingerprint density at radius 2 is 2.05 bits per heavy atom. The second-order valence-corrected chi connectivity index (χ2v) is 5.00. The first-order chi connectivity index (χ1) is 9.65. The third-order valence-electron chi connectivity index (χ3n) is 2.85. The molecule has 2 nitrogen and oxygen atoms in total. The molecular weight excluding hydrogens is 277 g/mol. The highest BCUT2D eigenvalue weighted by Crippen LogP contribution is 2.15. The molecule has 20 heavy (non-hydrogen) atoms. The zero-order valence-corrected chi connectivity index (χ0v) is 12.1. The van der Waals surface area contributed by atoms with Crippen LogP contribution in [0.4, 0.5) is 4.39 Å². The van der Waals surface area contributed by atoms with E-state index in [0.717, 1.165) is 11.3 Å². The molecule has 2 aromatic carbocycles. The van der Waals surface area contributed by atoms with Crippen molar-refractivity contribution in [3.63, 3.8) is 0 Å². The van der Waals surface area contributed by atoms with Gasteiger partial charge >= 0.3 is 0 Å². The monoisotopic (exact) mass is 293 g/mol. The Bertz CT molecular complexity index is 574. The Labute approximate surface area is 123 Å². The molecule has 0 fully saturated rings. The SMILES string of the molecule is Cc1cccc(OCCNCc2ccc(F)c(Cl)c2)c1. The van der Waals surface area contributed by atoms with E-state index in [1.807, 2.05) is 31.2 Å². The van der Waals surface area contributed by atoms with Gasteiger partial charge in [0.05, 0.1) is 5.02 Å². The van der Waals surface area contributed by atoms with E-state index in [-0.39, 0.29) is 5.02 Å². The number of hydrogen-bond donors (Lipinski definition) is 1. The van der Waals surface area contributed by atoms with Crippen LogP contribution in [0.25, 0.3) is 0 Å². The quantitative estimate of drug-likeness (QED) is 0.814. The highest BCUT2D eigenvalue weighted by atomic mass is 35.5. The number of rotatable bonds is 6. The molecule has 0 atom stereocenters. The first-order valence-electron chi connectivity index (χ1n) is 6.49. The van der Waals surface area contributed by atoms with E-state index in [4.69, 9.17) is 16.3 Å². The molecule has 0 aromatic heterocycles. The molecule has 0 aliphatic rings. The van der Waals surface area contributed by atoms with Crippen LogP contribution < -0.4 is 10.1 Å². The van der Waals surface area contributed by atoms with Gasteiger partial charge in [0.15, 0.2) is 0 Å². The number of halogens is 2. The summed E-state index contributed by atoms with van der Waals surface area (Å²) in [6.07, 6.45) is 0. The maximum absolute atomic E-state index is 13.0. The molecule has 0 aliphatic heterocycles. The van der Waals surface area contributed by atoms with Crippen LogP contribution in [0.1, 0.15) is 11.1 Å². The first kappa shape index (κ1) is 14.8. The summed E-state index contributed by atoms with van der Waals surface area (Å²) in [6, 6.07) is 12.7. The minimum Gasteiger partial charge on any atom is -0.492 e. The van der Waals surface area contributed by atoms with Crippen molar-refractivity contribution >= 4 is 11.6 Å². The lowest BCUT2D eigenvalue weighted by atomic mass is 10.2. The van der Waals surface area contributed by atoms with Crippen LogP contribution in [-0.4, -0.2) is 13.2 Å². The summed E-state index contributed by atoms with van der Waals surface area (Å²) >= 11 is 5.72. The van der Waals surface area contributed by atoms with Gasteiger partial charge in [-0.05, 0) is 42.3 Å². The predicted octanol–water partition coefficient (Wildman–Crippen LogP) is 3.96. The Morgan fingerprint density at radius 1 is 1.20 bits per heavy atom. The van der Waals surface area contributed by atoms with Crippen molar-refractivity contribution in [1.82, 2.24) is 5.32 Å². The fourth-order valence-corrected chi connectivity index (χ4v) is 2.03. The largest absolute Gasteiger partial charge is 0.492 e. The minimum atomic E-state index is -0.391. The molecule has 2 rings (SSSR count). The first-order valence-corrected chi connectivity index (χ1v) is 6.87. The van der Waals surface area contributed by atoms with E-state index in [0.29, 0.717) is 19.7 Å². The van der Waals surface area contributed by atoms with Crippen LogP contribution in [0.2, 0.25) is 5.02 Å². The molecule has 0 bridgehead atoms. The van der Waals surface area contributed by atoms with Gasteiger partial charge in [-0.1, -0.05) is 29.8 Å². The van der Waals surface area contributed by atoms with Gasteiger partial charge in [0.1, 0.15) is 18.2 Å². The lowest BCUT2D eigenvalue weighted by molar-refractivity contribution is 0.313. The predicted molar refractivity (Wildman–Crippen MR) is 79.8 cm³/mol. The van der Waals surface area contributed by atoms with Gasteiger partial charge in [-0.15, -0.1) is 0 Å². The van der Waals surface area contributed by atoms with Gasteiger partial charge in [0.2, 0.25) is 0 Å². The highest BCUT2D eigenvalue weighted by molar-refractivity contribution is 6.30. The van der Waals surface area contributed by atoms with Crippen LogP contribution in [0.15, 0.2) is 42.5 Å². The standard InChI is InChI=1S/C16H17ClFNO/c1-12-3-2-4-14(9-12)20-8-7-19-11-13-5-6-16(18)15(17)10-13/h2-6,9-10,19H,7-8,11H2,1H3. The molecule has 0 unspecified atom stereocenters. The summed E-state index contributed by atoms with van der Waals surface area (Å²) in [5.41, 5.74) is 2.13. The lowest BCUT2D eigenvalue weighted by Gasteiger charge is -2.08. The van der Waals surface area contributed by atoms with Crippen LogP contribution in [0.5, 0.6) is 5.75 Å². The van der Waals surface area contributed by atoms with Gasteiger partial charge in [0.25, 0.3) is 0 Å². The smallest absolute Gasteiger partial charge is 0.141 e. The van der Waals surface area contributed by atoms with E-state index in [1.54, 1.807) is 12.1 Å². The van der Waals surface area contributed by atoms with Crippen LogP contribution in [0.3, 0.4) is 0 Å². The average molecular weight is 294 g/mol. The fourth-order valence-electron chi connectivity index (χ4n) is 1.83. The summed E-state index contributed by atoms with van der Waals surface area (Å²) in [5, 5.41) is 3.38. The number of nitrogens with one attached hydrogen (secondary N) is 1. The molecule has 0 heterocycles. The normalized spacial score (nSPS) is 10.6. The van der Waals surface area contributed by atoms with Gasteiger partial charge in [-0.25, -0.2) is 4.39 Å². The molecule has 0 saturated carbocycles. The summed E-state index contributed by atoms with van der Waals surface area (Å²) in [7, 11) is 0. The fraction of sp³-hybridized carbons (Fsp3) is 0.250.